The van der Waals surface area contributed by atoms with Gasteiger partial charge in [0.05, 0.1) is 5.69 Å². The van der Waals surface area contributed by atoms with Crippen LogP contribution in [-0.4, -0.2) is 26.3 Å². The Labute approximate surface area is 98.8 Å². The molecule has 1 aromatic rings. The van der Waals surface area contributed by atoms with E-state index in [1.54, 1.807) is 19.9 Å². The summed E-state index contributed by atoms with van der Waals surface area (Å²) in [5, 5.41) is 9.73. The first-order chi connectivity index (χ1) is 7.45. The van der Waals surface area contributed by atoms with E-state index in [9.17, 15) is 4.79 Å². The van der Waals surface area contributed by atoms with Gasteiger partial charge in [0, 0.05) is 5.25 Å². The van der Waals surface area contributed by atoms with Gasteiger partial charge < -0.3 is 5.11 Å². The van der Waals surface area contributed by atoms with Gasteiger partial charge in [-0.15, -0.1) is 6.58 Å². The van der Waals surface area contributed by atoms with Crippen LogP contribution in [0.5, 0.6) is 0 Å². The quantitative estimate of drug-likeness (QED) is 0.496. The van der Waals surface area contributed by atoms with E-state index in [2.05, 4.69) is 16.5 Å². The highest BCUT2D eigenvalue weighted by Crippen LogP contribution is 2.26. The largest absolute Gasteiger partial charge is 0.478 e. The summed E-state index contributed by atoms with van der Waals surface area (Å²) < 4.78 is 0. The minimum Gasteiger partial charge on any atom is -0.478 e. The van der Waals surface area contributed by atoms with Crippen LogP contribution in [0.1, 0.15) is 28.8 Å². The van der Waals surface area contributed by atoms with Crippen LogP contribution in [0.3, 0.4) is 0 Å². The molecule has 1 N–H and O–H groups in total. The molecule has 16 heavy (non-hydrogen) atoms. The van der Waals surface area contributed by atoms with Crippen LogP contribution in [0.15, 0.2) is 17.7 Å². The van der Waals surface area contributed by atoms with Gasteiger partial charge in [0.1, 0.15) is 16.4 Å². The normalized spacial score (nSPS) is 12.2. The standard InChI is InChI=1S/C11H14N2O2S/c1-5-6(2)16-10-9(11(14)15)7(3)12-8(4)13-10/h5-6H,1H2,2-4H3,(H,14,15). The van der Waals surface area contributed by atoms with Crippen molar-refractivity contribution in [3.8, 4) is 0 Å². The van der Waals surface area contributed by atoms with Crippen molar-refractivity contribution in [1.29, 1.82) is 0 Å². The van der Waals surface area contributed by atoms with E-state index < -0.39 is 5.97 Å². The van der Waals surface area contributed by atoms with Crippen molar-refractivity contribution in [2.45, 2.75) is 31.0 Å². The molecule has 0 saturated carbocycles. The molecule has 1 heterocycles. The summed E-state index contributed by atoms with van der Waals surface area (Å²) in [6, 6.07) is 0. The van der Waals surface area contributed by atoms with E-state index in [-0.39, 0.29) is 10.8 Å². The molecule has 0 fully saturated rings. The van der Waals surface area contributed by atoms with Crippen LogP contribution < -0.4 is 0 Å². The number of thioether (sulfide) groups is 1. The lowest BCUT2D eigenvalue weighted by Crippen LogP contribution is -2.09. The zero-order chi connectivity index (χ0) is 12.3. The van der Waals surface area contributed by atoms with Crippen LogP contribution in [0.4, 0.5) is 0 Å². The van der Waals surface area contributed by atoms with E-state index in [0.29, 0.717) is 16.5 Å². The third-order valence-electron chi connectivity index (χ3n) is 2.01. The van der Waals surface area contributed by atoms with Crippen molar-refractivity contribution in [2.24, 2.45) is 0 Å². The summed E-state index contributed by atoms with van der Waals surface area (Å²) >= 11 is 1.38. The minimum atomic E-state index is -0.990. The molecule has 1 unspecified atom stereocenters. The van der Waals surface area contributed by atoms with E-state index >= 15 is 0 Å². The molecule has 0 spiro atoms. The summed E-state index contributed by atoms with van der Waals surface area (Å²) in [5.74, 6) is -0.405. The molecular formula is C11H14N2O2S. The van der Waals surface area contributed by atoms with E-state index in [1.165, 1.54) is 11.8 Å². The third kappa shape index (κ3) is 2.82. The molecule has 0 aliphatic rings. The number of hydrogen-bond donors (Lipinski definition) is 1. The molecule has 4 nitrogen and oxygen atoms in total. The number of aromatic nitrogens is 2. The zero-order valence-corrected chi connectivity index (χ0v) is 10.3. The number of carboxylic acids is 1. The Hall–Kier alpha value is -1.36. The highest BCUT2D eigenvalue weighted by atomic mass is 32.2. The molecule has 0 aliphatic carbocycles. The summed E-state index contributed by atoms with van der Waals surface area (Å²) in [6.07, 6.45) is 1.75. The predicted molar refractivity (Wildman–Crippen MR) is 64.0 cm³/mol. The third-order valence-corrected chi connectivity index (χ3v) is 3.09. The number of aryl methyl sites for hydroxylation is 2. The smallest absolute Gasteiger partial charge is 0.340 e. The monoisotopic (exact) mass is 238 g/mol. The SMILES string of the molecule is C=CC(C)Sc1nc(C)nc(C)c1C(=O)O. The first-order valence-corrected chi connectivity index (χ1v) is 5.71. The molecule has 0 aliphatic heterocycles. The molecular weight excluding hydrogens is 224 g/mol. The zero-order valence-electron chi connectivity index (χ0n) is 9.52. The van der Waals surface area contributed by atoms with Gasteiger partial charge in [0.2, 0.25) is 0 Å². The lowest BCUT2D eigenvalue weighted by molar-refractivity contribution is 0.0690. The van der Waals surface area contributed by atoms with Crippen LogP contribution in [0.25, 0.3) is 0 Å². The molecule has 86 valence electrons. The number of aromatic carboxylic acids is 1. The molecule has 0 bridgehead atoms. The average molecular weight is 238 g/mol. The predicted octanol–water partition coefficient (Wildman–Crippen LogP) is 2.46. The Morgan fingerprint density at radius 1 is 1.50 bits per heavy atom. The van der Waals surface area contributed by atoms with Crippen LogP contribution in [0, 0.1) is 13.8 Å². The van der Waals surface area contributed by atoms with Crippen molar-refractivity contribution >= 4 is 17.7 Å². The summed E-state index contributed by atoms with van der Waals surface area (Å²) in [6.45, 7) is 9.04. The van der Waals surface area contributed by atoms with Gasteiger partial charge in [-0.25, -0.2) is 14.8 Å². The lowest BCUT2D eigenvalue weighted by atomic mass is 10.2. The maximum atomic E-state index is 11.1. The van der Waals surface area contributed by atoms with Crippen molar-refractivity contribution < 1.29 is 9.90 Å². The number of rotatable bonds is 4. The number of nitrogens with zero attached hydrogens (tertiary/aromatic N) is 2. The first kappa shape index (κ1) is 12.7. The summed E-state index contributed by atoms with van der Waals surface area (Å²) in [5.41, 5.74) is 0.683. The second-order valence-corrected chi connectivity index (χ2v) is 4.77. The number of hydrogen-bond acceptors (Lipinski definition) is 4. The Morgan fingerprint density at radius 3 is 2.62 bits per heavy atom. The van der Waals surface area contributed by atoms with Crippen molar-refractivity contribution in [1.82, 2.24) is 9.97 Å². The molecule has 0 aromatic carbocycles. The summed E-state index contributed by atoms with van der Waals surface area (Å²) in [4.78, 5) is 19.3. The highest BCUT2D eigenvalue weighted by Gasteiger charge is 2.18. The van der Waals surface area contributed by atoms with Crippen molar-refractivity contribution in [3.63, 3.8) is 0 Å². The fraction of sp³-hybridized carbons (Fsp3) is 0.364. The summed E-state index contributed by atoms with van der Waals surface area (Å²) in [7, 11) is 0. The minimum absolute atomic E-state index is 0.117. The Morgan fingerprint density at radius 2 is 2.12 bits per heavy atom. The number of carbonyl (C=O) groups is 1. The van der Waals surface area contributed by atoms with E-state index in [4.69, 9.17) is 5.11 Å². The first-order valence-electron chi connectivity index (χ1n) is 4.83. The highest BCUT2D eigenvalue weighted by molar-refractivity contribution is 8.00. The van der Waals surface area contributed by atoms with Gasteiger partial charge >= 0.3 is 5.97 Å². The van der Waals surface area contributed by atoms with Gasteiger partial charge in [-0.05, 0) is 20.8 Å². The Kier molecular flexibility index (Phi) is 4.06. The van der Waals surface area contributed by atoms with Gasteiger partial charge in [0.15, 0.2) is 0 Å². The molecule has 0 amide bonds. The molecule has 5 heteroatoms. The fourth-order valence-corrected chi connectivity index (χ4v) is 2.22. The van der Waals surface area contributed by atoms with Crippen molar-refractivity contribution in [3.05, 3.63) is 29.7 Å². The Bertz CT molecular complexity index is 432. The second-order valence-electron chi connectivity index (χ2n) is 3.40. The fourth-order valence-electron chi connectivity index (χ4n) is 1.24. The van der Waals surface area contributed by atoms with E-state index in [0.717, 1.165) is 0 Å². The van der Waals surface area contributed by atoms with Crippen LogP contribution >= 0.6 is 11.8 Å². The molecule has 0 saturated heterocycles. The van der Waals surface area contributed by atoms with Crippen LogP contribution in [0.2, 0.25) is 0 Å². The van der Waals surface area contributed by atoms with Gasteiger partial charge in [0.25, 0.3) is 0 Å². The number of carboxylic acid groups (broad SMARTS) is 1. The topological polar surface area (TPSA) is 63.1 Å². The van der Waals surface area contributed by atoms with Crippen molar-refractivity contribution in [2.75, 3.05) is 0 Å². The Balaban J connectivity index is 3.23. The van der Waals surface area contributed by atoms with E-state index in [1.807, 2.05) is 6.92 Å². The second kappa shape index (κ2) is 5.12. The lowest BCUT2D eigenvalue weighted by Gasteiger charge is -2.10. The molecule has 1 rings (SSSR count). The van der Waals surface area contributed by atoms with Gasteiger partial charge in [-0.2, -0.15) is 0 Å². The average Bonchev–Trinajstić information content (AvgIpc) is 2.15. The maximum absolute atomic E-state index is 11.1. The maximum Gasteiger partial charge on any atom is 0.340 e. The molecule has 1 atom stereocenters. The molecule has 1 aromatic heterocycles. The molecule has 0 radical (unpaired) electrons. The van der Waals surface area contributed by atoms with Crippen LogP contribution in [-0.2, 0) is 0 Å². The van der Waals surface area contributed by atoms with Gasteiger partial charge in [-0.3, -0.25) is 0 Å². The van der Waals surface area contributed by atoms with Gasteiger partial charge in [-0.1, -0.05) is 17.8 Å².